The average Bonchev–Trinajstić information content (AvgIpc) is 2.94. The number of aromatic nitrogens is 4. The summed E-state index contributed by atoms with van der Waals surface area (Å²) in [6.07, 6.45) is 2.73. The van der Waals surface area contributed by atoms with E-state index in [9.17, 15) is 0 Å². The first kappa shape index (κ1) is 12.9. The minimum atomic E-state index is 0.203. The summed E-state index contributed by atoms with van der Waals surface area (Å²) in [6, 6.07) is 8.36. The molecule has 0 saturated heterocycles. The van der Waals surface area contributed by atoms with Crippen LogP contribution in [-0.4, -0.2) is 27.2 Å². The maximum Gasteiger partial charge on any atom is 0.226 e. The van der Waals surface area contributed by atoms with Crippen molar-refractivity contribution in [3.63, 3.8) is 0 Å². The van der Waals surface area contributed by atoms with Crippen LogP contribution in [0.15, 0.2) is 30.5 Å². The molecule has 5 nitrogen and oxygen atoms in total. The van der Waals surface area contributed by atoms with Crippen LogP contribution in [0.4, 0.5) is 11.5 Å². The Hall–Kier alpha value is -2.14. The molecule has 102 valence electrons. The van der Waals surface area contributed by atoms with E-state index in [0.717, 1.165) is 23.3 Å². The molecule has 0 atom stereocenters. The molecule has 3 aromatic rings. The summed E-state index contributed by atoms with van der Waals surface area (Å²) in [5.74, 6) is 0.734. The predicted octanol–water partition coefficient (Wildman–Crippen LogP) is 3.34. The molecule has 6 heteroatoms. The molecule has 0 spiro atoms. The van der Waals surface area contributed by atoms with Crippen molar-refractivity contribution in [1.29, 1.82) is 0 Å². The lowest BCUT2D eigenvalue weighted by Crippen LogP contribution is -2.12. The van der Waals surface area contributed by atoms with Gasteiger partial charge in [0.2, 0.25) is 5.28 Å². The van der Waals surface area contributed by atoms with Crippen LogP contribution in [0.2, 0.25) is 5.28 Å². The summed E-state index contributed by atoms with van der Waals surface area (Å²) in [5.41, 5.74) is 2.98. The van der Waals surface area contributed by atoms with E-state index in [0.29, 0.717) is 5.65 Å². The van der Waals surface area contributed by atoms with E-state index in [4.69, 9.17) is 11.6 Å². The largest absolute Gasteiger partial charge is 0.329 e. The molecular formula is C14H14ClN5. The van der Waals surface area contributed by atoms with Crippen molar-refractivity contribution < 1.29 is 0 Å². The molecule has 0 bridgehead atoms. The van der Waals surface area contributed by atoms with Crippen molar-refractivity contribution in [2.75, 3.05) is 11.9 Å². The Morgan fingerprint density at radius 3 is 2.65 bits per heavy atom. The van der Waals surface area contributed by atoms with E-state index < -0.39 is 0 Å². The van der Waals surface area contributed by atoms with Crippen molar-refractivity contribution in [2.45, 2.75) is 13.3 Å². The highest BCUT2D eigenvalue weighted by molar-refractivity contribution is 6.28. The fourth-order valence-electron chi connectivity index (χ4n) is 2.13. The molecule has 2 heterocycles. The number of hydrogen-bond acceptors (Lipinski definition) is 4. The Labute approximate surface area is 121 Å². The number of benzene rings is 1. The van der Waals surface area contributed by atoms with Crippen LogP contribution in [0.1, 0.15) is 12.5 Å². The van der Waals surface area contributed by atoms with Gasteiger partial charge in [0.1, 0.15) is 5.82 Å². The fraction of sp³-hybridized carbons (Fsp3) is 0.214. The zero-order valence-electron chi connectivity index (χ0n) is 11.3. The van der Waals surface area contributed by atoms with E-state index in [1.54, 1.807) is 6.20 Å². The molecule has 0 unspecified atom stereocenters. The van der Waals surface area contributed by atoms with Crippen molar-refractivity contribution in [2.24, 2.45) is 0 Å². The Bertz CT molecular complexity index is 735. The lowest BCUT2D eigenvalue weighted by atomic mass is 10.1. The molecule has 0 amide bonds. The summed E-state index contributed by atoms with van der Waals surface area (Å²) in [5, 5.41) is 7.85. The predicted molar refractivity (Wildman–Crippen MR) is 80.6 cm³/mol. The molecule has 2 aromatic heterocycles. The molecule has 0 saturated carbocycles. The summed E-state index contributed by atoms with van der Waals surface area (Å²) in [7, 11) is 1.95. The van der Waals surface area contributed by atoms with Gasteiger partial charge in [-0.05, 0) is 35.7 Å². The molecule has 20 heavy (non-hydrogen) atoms. The van der Waals surface area contributed by atoms with Crippen LogP contribution in [0.3, 0.4) is 0 Å². The molecule has 1 N–H and O–H groups in total. The van der Waals surface area contributed by atoms with Crippen molar-refractivity contribution in [1.82, 2.24) is 20.2 Å². The highest BCUT2D eigenvalue weighted by Crippen LogP contribution is 2.28. The maximum absolute atomic E-state index is 5.96. The summed E-state index contributed by atoms with van der Waals surface area (Å²) < 4.78 is 0. The van der Waals surface area contributed by atoms with Gasteiger partial charge in [0.15, 0.2) is 5.65 Å². The van der Waals surface area contributed by atoms with Gasteiger partial charge in [-0.1, -0.05) is 19.1 Å². The van der Waals surface area contributed by atoms with Gasteiger partial charge < -0.3 is 4.90 Å². The molecule has 0 fully saturated rings. The molecule has 3 rings (SSSR count). The summed E-state index contributed by atoms with van der Waals surface area (Å²) in [4.78, 5) is 10.4. The first-order valence-electron chi connectivity index (χ1n) is 6.38. The van der Waals surface area contributed by atoms with Crippen molar-refractivity contribution in [3.05, 3.63) is 41.3 Å². The van der Waals surface area contributed by atoms with Gasteiger partial charge in [-0.15, -0.1) is 0 Å². The lowest BCUT2D eigenvalue weighted by Gasteiger charge is -2.19. The third-order valence-corrected chi connectivity index (χ3v) is 3.48. The number of nitrogens with one attached hydrogen (secondary N) is 1. The summed E-state index contributed by atoms with van der Waals surface area (Å²) >= 11 is 5.96. The second kappa shape index (κ2) is 5.09. The van der Waals surface area contributed by atoms with E-state index in [-0.39, 0.29) is 5.28 Å². The molecule has 0 aliphatic heterocycles. The third kappa shape index (κ3) is 2.20. The minimum Gasteiger partial charge on any atom is -0.329 e. The zero-order chi connectivity index (χ0) is 14.1. The monoisotopic (exact) mass is 287 g/mol. The van der Waals surface area contributed by atoms with E-state index in [2.05, 4.69) is 51.4 Å². The Morgan fingerprint density at radius 1 is 1.20 bits per heavy atom. The molecule has 0 aliphatic rings. The highest BCUT2D eigenvalue weighted by atomic mass is 35.5. The number of H-pyrrole nitrogens is 1. The van der Waals surface area contributed by atoms with Gasteiger partial charge in [0, 0.05) is 12.7 Å². The highest BCUT2D eigenvalue weighted by Gasteiger charge is 2.13. The number of hydrogen-bond donors (Lipinski definition) is 1. The third-order valence-electron chi connectivity index (χ3n) is 3.31. The topological polar surface area (TPSA) is 57.7 Å². The Balaban J connectivity index is 2.06. The number of halogens is 1. The zero-order valence-corrected chi connectivity index (χ0v) is 12.0. The lowest BCUT2D eigenvalue weighted by molar-refractivity contribution is 1.08. The Kier molecular flexibility index (Phi) is 3.28. The Morgan fingerprint density at radius 2 is 1.95 bits per heavy atom. The van der Waals surface area contributed by atoms with Crippen LogP contribution in [0.25, 0.3) is 11.0 Å². The smallest absolute Gasteiger partial charge is 0.226 e. The molecule has 1 aromatic carbocycles. The van der Waals surface area contributed by atoms with Crippen LogP contribution in [-0.2, 0) is 6.42 Å². The van der Waals surface area contributed by atoms with Crippen molar-refractivity contribution >= 4 is 34.1 Å². The van der Waals surface area contributed by atoms with Gasteiger partial charge in [-0.25, -0.2) is 0 Å². The van der Waals surface area contributed by atoms with Gasteiger partial charge in [0.05, 0.1) is 11.6 Å². The number of fused-ring (bicyclic) bond motifs is 1. The SMILES string of the molecule is CCc1ccc(N(C)c2nc(Cl)nc3[nH]ncc23)cc1. The average molecular weight is 288 g/mol. The van der Waals surface area contributed by atoms with Crippen LogP contribution >= 0.6 is 11.6 Å². The van der Waals surface area contributed by atoms with Gasteiger partial charge in [0.25, 0.3) is 0 Å². The number of anilines is 2. The van der Waals surface area contributed by atoms with Crippen molar-refractivity contribution in [3.8, 4) is 0 Å². The second-order valence-corrected chi connectivity index (χ2v) is 4.87. The maximum atomic E-state index is 5.96. The molecule has 0 radical (unpaired) electrons. The number of aryl methyl sites for hydroxylation is 1. The standard InChI is InChI=1S/C14H14ClN5/c1-3-9-4-6-10(7-5-9)20(2)13-11-8-16-19-12(11)17-14(15)18-13/h4-8H,3H2,1-2H3,(H,16,17,18,19). The van der Waals surface area contributed by atoms with E-state index >= 15 is 0 Å². The number of rotatable bonds is 3. The van der Waals surface area contributed by atoms with Gasteiger partial charge >= 0.3 is 0 Å². The second-order valence-electron chi connectivity index (χ2n) is 4.53. The minimum absolute atomic E-state index is 0.203. The number of aromatic amines is 1. The number of nitrogens with zero attached hydrogens (tertiary/aromatic N) is 4. The van der Waals surface area contributed by atoms with Gasteiger partial charge in [-0.2, -0.15) is 15.1 Å². The first-order valence-corrected chi connectivity index (χ1v) is 6.76. The summed E-state index contributed by atoms with van der Waals surface area (Å²) in [6.45, 7) is 2.14. The fourth-order valence-corrected chi connectivity index (χ4v) is 2.29. The normalized spacial score (nSPS) is 10.9. The van der Waals surface area contributed by atoms with E-state index in [1.165, 1.54) is 5.56 Å². The van der Waals surface area contributed by atoms with Crippen LogP contribution < -0.4 is 4.90 Å². The van der Waals surface area contributed by atoms with E-state index in [1.807, 2.05) is 11.9 Å². The first-order chi connectivity index (χ1) is 9.69. The molecule has 0 aliphatic carbocycles. The quantitative estimate of drug-likeness (QED) is 0.751. The molecular weight excluding hydrogens is 274 g/mol. The van der Waals surface area contributed by atoms with Crippen LogP contribution in [0.5, 0.6) is 0 Å². The van der Waals surface area contributed by atoms with Crippen LogP contribution in [0, 0.1) is 0 Å². The van der Waals surface area contributed by atoms with Gasteiger partial charge in [-0.3, -0.25) is 5.10 Å².